The molecule has 0 fully saturated rings. The van der Waals surface area contributed by atoms with E-state index in [0.29, 0.717) is 12.2 Å². The number of hydrogen-bond acceptors (Lipinski definition) is 3. The van der Waals surface area contributed by atoms with Gasteiger partial charge in [0.05, 0.1) is 12.7 Å². The Labute approximate surface area is 119 Å². The Balaban J connectivity index is 2.12. The van der Waals surface area contributed by atoms with Gasteiger partial charge in [-0.1, -0.05) is 37.3 Å². The molecule has 104 valence electrons. The molecular formula is C17H18O3. The highest BCUT2D eigenvalue weighted by Crippen LogP contribution is 2.17. The monoisotopic (exact) mass is 270 g/mol. The first-order chi connectivity index (χ1) is 9.74. The Morgan fingerprint density at radius 3 is 2.65 bits per heavy atom. The first-order valence-corrected chi connectivity index (χ1v) is 6.62. The summed E-state index contributed by atoms with van der Waals surface area (Å²) < 4.78 is 10.5. The molecule has 3 heteroatoms. The van der Waals surface area contributed by atoms with Crippen LogP contribution in [0.5, 0.6) is 5.75 Å². The van der Waals surface area contributed by atoms with E-state index in [4.69, 9.17) is 9.47 Å². The topological polar surface area (TPSA) is 35.5 Å². The van der Waals surface area contributed by atoms with Crippen LogP contribution in [0.1, 0.15) is 28.4 Å². The van der Waals surface area contributed by atoms with Gasteiger partial charge in [-0.15, -0.1) is 0 Å². The highest BCUT2D eigenvalue weighted by molar-refractivity contribution is 5.90. The smallest absolute Gasteiger partial charge is 0.338 e. The van der Waals surface area contributed by atoms with Crippen molar-refractivity contribution in [3.8, 4) is 5.75 Å². The van der Waals surface area contributed by atoms with Crippen LogP contribution in [0.2, 0.25) is 0 Å². The molecular weight excluding hydrogens is 252 g/mol. The van der Waals surface area contributed by atoms with E-state index in [1.54, 1.807) is 6.07 Å². The van der Waals surface area contributed by atoms with E-state index >= 15 is 0 Å². The maximum atomic E-state index is 11.7. The van der Waals surface area contributed by atoms with Gasteiger partial charge < -0.3 is 9.47 Å². The second-order valence-electron chi connectivity index (χ2n) is 4.44. The zero-order valence-electron chi connectivity index (χ0n) is 11.8. The molecule has 0 unspecified atom stereocenters. The molecule has 0 atom stereocenters. The van der Waals surface area contributed by atoms with Crippen molar-refractivity contribution in [2.75, 3.05) is 7.11 Å². The zero-order valence-corrected chi connectivity index (χ0v) is 11.8. The van der Waals surface area contributed by atoms with Crippen molar-refractivity contribution in [3.05, 3.63) is 65.2 Å². The molecule has 0 saturated heterocycles. The standard InChI is InChI=1S/C17H18O3/c1-3-13-7-6-9-15(11-13)20-12-14-8-4-5-10-16(14)17(18)19-2/h4-11H,3,12H2,1-2H3. The van der Waals surface area contributed by atoms with Crippen LogP contribution in [0.4, 0.5) is 0 Å². The van der Waals surface area contributed by atoms with Gasteiger partial charge in [-0.3, -0.25) is 0 Å². The summed E-state index contributed by atoms with van der Waals surface area (Å²) in [4.78, 5) is 11.7. The SMILES string of the molecule is CCc1cccc(OCc2ccccc2C(=O)OC)c1. The molecule has 0 radical (unpaired) electrons. The molecule has 3 nitrogen and oxygen atoms in total. The van der Waals surface area contributed by atoms with Gasteiger partial charge in [0.2, 0.25) is 0 Å². The molecule has 0 aliphatic rings. The summed E-state index contributed by atoms with van der Waals surface area (Å²) in [6.45, 7) is 2.45. The van der Waals surface area contributed by atoms with Crippen LogP contribution >= 0.6 is 0 Å². The van der Waals surface area contributed by atoms with Crippen LogP contribution < -0.4 is 4.74 Å². The van der Waals surface area contributed by atoms with Crippen LogP contribution in [-0.2, 0) is 17.8 Å². The van der Waals surface area contributed by atoms with Crippen molar-refractivity contribution in [1.29, 1.82) is 0 Å². The summed E-state index contributed by atoms with van der Waals surface area (Å²) in [6.07, 6.45) is 0.968. The number of aryl methyl sites for hydroxylation is 1. The normalized spacial score (nSPS) is 10.1. The van der Waals surface area contributed by atoms with Crippen molar-refractivity contribution in [1.82, 2.24) is 0 Å². The molecule has 0 aliphatic carbocycles. The van der Waals surface area contributed by atoms with Gasteiger partial charge in [0.1, 0.15) is 12.4 Å². The number of carbonyl (C=O) groups is 1. The number of carbonyl (C=O) groups excluding carboxylic acids is 1. The van der Waals surface area contributed by atoms with Gasteiger partial charge in [0.15, 0.2) is 0 Å². The molecule has 0 aliphatic heterocycles. The third-order valence-electron chi connectivity index (χ3n) is 3.12. The van der Waals surface area contributed by atoms with Crippen molar-refractivity contribution < 1.29 is 14.3 Å². The molecule has 0 spiro atoms. The predicted molar refractivity (Wildman–Crippen MR) is 77.9 cm³/mol. The van der Waals surface area contributed by atoms with E-state index in [1.165, 1.54) is 12.7 Å². The van der Waals surface area contributed by atoms with Crippen molar-refractivity contribution in [2.45, 2.75) is 20.0 Å². The fourth-order valence-corrected chi connectivity index (χ4v) is 1.97. The van der Waals surface area contributed by atoms with Crippen LogP contribution in [-0.4, -0.2) is 13.1 Å². The van der Waals surface area contributed by atoms with Crippen molar-refractivity contribution in [2.24, 2.45) is 0 Å². The second-order valence-corrected chi connectivity index (χ2v) is 4.44. The van der Waals surface area contributed by atoms with E-state index in [1.807, 2.05) is 36.4 Å². The summed E-state index contributed by atoms with van der Waals surface area (Å²) in [7, 11) is 1.38. The highest BCUT2D eigenvalue weighted by atomic mass is 16.5. The van der Waals surface area contributed by atoms with Gasteiger partial charge in [-0.25, -0.2) is 4.79 Å². The highest BCUT2D eigenvalue weighted by Gasteiger charge is 2.11. The number of esters is 1. The molecule has 0 saturated carbocycles. The molecule has 0 aromatic heterocycles. The Morgan fingerprint density at radius 1 is 1.10 bits per heavy atom. The van der Waals surface area contributed by atoms with Crippen LogP contribution in [0.15, 0.2) is 48.5 Å². The van der Waals surface area contributed by atoms with Crippen molar-refractivity contribution in [3.63, 3.8) is 0 Å². The average Bonchev–Trinajstić information content (AvgIpc) is 2.52. The maximum absolute atomic E-state index is 11.7. The van der Waals surface area contributed by atoms with Gasteiger partial charge in [0, 0.05) is 5.56 Å². The van der Waals surface area contributed by atoms with E-state index in [2.05, 4.69) is 13.0 Å². The number of ether oxygens (including phenoxy) is 2. The number of benzene rings is 2. The van der Waals surface area contributed by atoms with Gasteiger partial charge in [-0.05, 0) is 30.2 Å². The molecule has 2 aromatic carbocycles. The minimum absolute atomic E-state index is 0.341. The summed E-state index contributed by atoms with van der Waals surface area (Å²) in [6, 6.07) is 15.3. The first kappa shape index (κ1) is 14.1. The lowest BCUT2D eigenvalue weighted by molar-refractivity contribution is 0.0597. The third-order valence-corrected chi connectivity index (χ3v) is 3.12. The number of rotatable bonds is 5. The maximum Gasteiger partial charge on any atom is 0.338 e. The van der Waals surface area contributed by atoms with Gasteiger partial charge >= 0.3 is 5.97 Å². The number of hydrogen-bond donors (Lipinski definition) is 0. The summed E-state index contributed by atoms with van der Waals surface area (Å²) >= 11 is 0. The molecule has 0 heterocycles. The minimum Gasteiger partial charge on any atom is -0.489 e. The molecule has 0 bridgehead atoms. The molecule has 2 aromatic rings. The first-order valence-electron chi connectivity index (χ1n) is 6.62. The van der Waals surface area contributed by atoms with E-state index < -0.39 is 0 Å². The molecule has 0 amide bonds. The average molecular weight is 270 g/mol. The van der Waals surface area contributed by atoms with E-state index in [0.717, 1.165) is 17.7 Å². The van der Waals surface area contributed by atoms with Crippen LogP contribution in [0, 0.1) is 0 Å². The Bertz CT molecular complexity index is 590. The molecule has 0 N–H and O–H groups in total. The van der Waals surface area contributed by atoms with Gasteiger partial charge in [-0.2, -0.15) is 0 Å². The van der Waals surface area contributed by atoms with Crippen LogP contribution in [0.3, 0.4) is 0 Å². The Kier molecular flexibility index (Phi) is 4.77. The minimum atomic E-state index is -0.341. The summed E-state index contributed by atoms with van der Waals surface area (Å²) in [5.41, 5.74) is 2.59. The Morgan fingerprint density at radius 2 is 1.90 bits per heavy atom. The fraction of sp³-hybridized carbons (Fsp3) is 0.235. The molecule has 2 rings (SSSR count). The van der Waals surface area contributed by atoms with Crippen molar-refractivity contribution >= 4 is 5.97 Å². The largest absolute Gasteiger partial charge is 0.489 e. The summed E-state index contributed by atoms with van der Waals surface area (Å²) in [5, 5.41) is 0. The Hall–Kier alpha value is -2.29. The second kappa shape index (κ2) is 6.75. The predicted octanol–water partition coefficient (Wildman–Crippen LogP) is 3.61. The quantitative estimate of drug-likeness (QED) is 0.778. The summed E-state index contributed by atoms with van der Waals surface area (Å²) in [5.74, 6) is 0.468. The zero-order chi connectivity index (χ0) is 14.4. The lowest BCUT2D eigenvalue weighted by Gasteiger charge is -2.10. The molecule has 20 heavy (non-hydrogen) atoms. The lowest BCUT2D eigenvalue weighted by atomic mass is 10.1. The third kappa shape index (κ3) is 3.38. The fourth-order valence-electron chi connectivity index (χ4n) is 1.97. The van der Waals surface area contributed by atoms with Crippen LogP contribution in [0.25, 0.3) is 0 Å². The lowest BCUT2D eigenvalue weighted by Crippen LogP contribution is -2.07. The van der Waals surface area contributed by atoms with E-state index in [9.17, 15) is 4.79 Å². The van der Waals surface area contributed by atoms with Gasteiger partial charge in [0.25, 0.3) is 0 Å². The number of methoxy groups -OCH3 is 1. The van der Waals surface area contributed by atoms with E-state index in [-0.39, 0.29) is 5.97 Å².